The zero-order valence-electron chi connectivity index (χ0n) is 10.5. The number of aromatic nitrogens is 1. The van der Waals surface area contributed by atoms with E-state index in [0.717, 1.165) is 23.2 Å². The highest BCUT2D eigenvalue weighted by atomic mass is 16.2. The molecule has 1 aromatic carbocycles. The second kappa shape index (κ2) is 4.72. The summed E-state index contributed by atoms with van der Waals surface area (Å²) in [5, 5.41) is 0. The number of nitrogens with two attached hydrogens (primary N) is 1. The minimum atomic E-state index is 0.0678. The van der Waals surface area contributed by atoms with Crippen molar-refractivity contribution in [3.8, 4) is 0 Å². The molecule has 2 heterocycles. The minimum Gasteiger partial charge on any atom is -0.399 e. The fourth-order valence-corrected chi connectivity index (χ4v) is 2.35. The molecular formula is C15H15N3O. The van der Waals surface area contributed by atoms with Gasteiger partial charge in [-0.15, -0.1) is 0 Å². The summed E-state index contributed by atoms with van der Waals surface area (Å²) in [4.78, 5) is 18.3. The predicted molar refractivity (Wildman–Crippen MR) is 73.5 cm³/mol. The first-order valence-electron chi connectivity index (χ1n) is 6.31. The van der Waals surface area contributed by atoms with Gasteiger partial charge in [0.1, 0.15) is 0 Å². The minimum absolute atomic E-state index is 0.0678. The first-order chi connectivity index (χ1) is 9.24. The van der Waals surface area contributed by atoms with Crippen LogP contribution in [0.15, 0.2) is 42.6 Å². The van der Waals surface area contributed by atoms with Crippen LogP contribution in [-0.2, 0) is 13.0 Å². The van der Waals surface area contributed by atoms with Gasteiger partial charge in [0.15, 0.2) is 0 Å². The maximum absolute atomic E-state index is 12.2. The van der Waals surface area contributed by atoms with Crippen LogP contribution in [0.1, 0.15) is 21.6 Å². The van der Waals surface area contributed by atoms with Gasteiger partial charge < -0.3 is 10.6 Å². The van der Waals surface area contributed by atoms with Gasteiger partial charge in [-0.25, -0.2) is 0 Å². The van der Waals surface area contributed by atoms with Crippen molar-refractivity contribution in [3.63, 3.8) is 0 Å². The lowest BCUT2D eigenvalue weighted by Crippen LogP contribution is -2.26. The average Bonchev–Trinajstić information content (AvgIpc) is 2.74. The Morgan fingerprint density at radius 2 is 2.16 bits per heavy atom. The van der Waals surface area contributed by atoms with Gasteiger partial charge in [-0.05, 0) is 29.8 Å². The zero-order chi connectivity index (χ0) is 13.2. The third-order valence-corrected chi connectivity index (χ3v) is 3.38. The smallest absolute Gasteiger partial charge is 0.254 e. The Labute approximate surface area is 111 Å². The second-order valence-corrected chi connectivity index (χ2v) is 4.71. The molecular weight excluding hydrogens is 238 g/mol. The summed E-state index contributed by atoms with van der Waals surface area (Å²) in [5.74, 6) is 0.0678. The summed E-state index contributed by atoms with van der Waals surface area (Å²) < 4.78 is 0. The highest BCUT2D eigenvalue weighted by molar-refractivity contribution is 5.99. The number of amides is 1. The number of nitrogen functional groups attached to an aromatic ring is 1. The summed E-state index contributed by atoms with van der Waals surface area (Å²) >= 11 is 0. The first-order valence-corrected chi connectivity index (χ1v) is 6.31. The fourth-order valence-electron chi connectivity index (χ4n) is 2.35. The number of carbonyl (C=O) groups is 1. The van der Waals surface area contributed by atoms with Crippen molar-refractivity contribution in [2.45, 2.75) is 13.0 Å². The maximum atomic E-state index is 12.2. The van der Waals surface area contributed by atoms with Crippen LogP contribution in [0.25, 0.3) is 0 Å². The molecule has 96 valence electrons. The molecule has 0 unspecified atom stereocenters. The number of benzene rings is 1. The molecule has 1 aliphatic rings. The summed E-state index contributed by atoms with van der Waals surface area (Å²) in [5.41, 5.74) is 9.16. The Kier molecular flexibility index (Phi) is 2.91. The third kappa shape index (κ3) is 2.29. The Hall–Kier alpha value is -2.36. The number of anilines is 1. The quantitative estimate of drug-likeness (QED) is 0.849. The predicted octanol–water partition coefficient (Wildman–Crippen LogP) is 1.86. The molecule has 4 nitrogen and oxygen atoms in total. The second-order valence-electron chi connectivity index (χ2n) is 4.71. The standard InChI is InChI=1S/C15H15N3O/c16-12-5-4-11-10-18(15(19)14(11)9-12)8-6-13-3-1-2-7-17-13/h1-5,7,9H,6,8,10,16H2. The third-order valence-electron chi connectivity index (χ3n) is 3.38. The van der Waals surface area contributed by atoms with Crippen molar-refractivity contribution in [2.24, 2.45) is 0 Å². The number of nitrogens with zero attached hydrogens (tertiary/aromatic N) is 2. The van der Waals surface area contributed by atoms with E-state index in [-0.39, 0.29) is 5.91 Å². The van der Waals surface area contributed by atoms with Gasteiger partial charge in [0.05, 0.1) is 0 Å². The maximum Gasteiger partial charge on any atom is 0.254 e. The number of hydrogen-bond donors (Lipinski definition) is 1. The van der Waals surface area contributed by atoms with E-state index in [1.54, 1.807) is 12.3 Å². The van der Waals surface area contributed by atoms with E-state index in [1.165, 1.54) is 0 Å². The van der Waals surface area contributed by atoms with Crippen LogP contribution in [0.4, 0.5) is 5.69 Å². The largest absolute Gasteiger partial charge is 0.399 e. The van der Waals surface area contributed by atoms with Gasteiger partial charge in [-0.3, -0.25) is 9.78 Å². The van der Waals surface area contributed by atoms with Gasteiger partial charge in [-0.1, -0.05) is 12.1 Å². The molecule has 0 saturated carbocycles. The fraction of sp³-hybridized carbons (Fsp3) is 0.200. The molecule has 2 N–H and O–H groups in total. The highest BCUT2D eigenvalue weighted by Gasteiger charge is 2.26. The van der Waals surface area contributed by atoms with Gasteiger partial charge >= 0.3 is 0 Å². The number of carbonyl (C=O) groups excluding carboxylic acids is 1. The van der Waals surface area contributed by atoms with E-state index in [1.807, 2.05) is 35.2 Å². The van der Waals surface area contributed by atoms with Crippen LogP contribution in [-0.4, -0.2) is 22.3 Å². The van der Waals surface area contributed by atoms with E-state index in [0.29, 0.717) is 18.8 Å². The first kappa shape index (κ1) is 11.7. The van der Waals surface area contributed by atoms with Crippen LogP contribution < -0.4 is 5.73 Å². The zero-order valence-corrected chi connectivity index (χ0v) is 10.5. The monoisotopic (exact) mass is 253 g/mol. The summed E-state index contributed by atoms with van der Waals surface area (Å²) in [6.07, 6.45) is 2.55. The van der Waals surface area contributed by atoms with Crippen LogP contribution in [0.2, 0.25) is 0 Å². The summed E-state index contributed by atoms with van der Waals surface area (Å²) in [6.45, 7) is 1.35. The molecule has 0 atom stereocenters. The van der Waals surface area contributed by atoms with Crippen molar-refractivity contribution in [1.29, 1.82) is 0 Å². The van der Waals surface area contributed by atoms with E-state index in [4.69, 9.17) is 5.73 Å². The van der Waals surface area contributed by atoms with E-state index in [9.17, 15) is 4.79 Å². The molecule has 0 fully saturated rings. The molecule has 1 aromatic heterocycles. The van der Waals surface area contributed by atoms with Gasteiger partial charge in [0.2, 0.25) is 0 Å². The van der Waals surface area contributed by atoms with Gasteiger partial charge in [0.25, 0.3) is 5.91 Å². The Balaban J connectivity index is 1.71. The van der Waals surface area contributed by atoms with Gasteiger partial charge in [0, 0.05) is 42.7 Å². The van der Waals surface area contributed by atoms with E-state index >= 15 is 0 Å². The van der Waals surface area contributed by atoms with Crippen molar-refractivity contribution in [2.75, 3.05) is 12.3 Å². The molecule has 0 radical (unpaired) electrons. The van der Waals surface area contributed by atoms with Crippen molar-refractivity contribution < 1.29 is 4.79 Å². The van der Waals surface area contributed by atoms with Crippen LogP contribution >= 0.6 is 0 Å². The Morgan fingerprint density at radius 1 is 1.26 bits per heavy atom. The lowest BCUT2D eigenvalue weighted by atomic mass is 10.1. The summed E-state index contributed by atoms with van der Waals surface area (Å²) in [7, 11) is 0. The normalized spacial score (nSPS) is 13.7. The molecule has 1 aliphatic heterocycles. The van der Waals surface area contributed by atoms with Crippen molar-refractivity contribution in [3.05, 3.63) is 59.4 Å². The average molecular weight is 253 g/mol. The summed E-state index contributed by atoms with van der Waals surface area (Å²) in [6, 6.07) is 11.4. The Morgan fingerprint density at radius 3 is 2.95 bits per heavy atom. The molecule has 1 amide bonds. The lowest BCUT2D eigenvalue weighted by molar-refractivity contribution is 0.0780. The number of fused-ring (bicyclic) bond motifs is 1. The number of hydrogen-bond acceptors (Lipinski definition) is 3. The van der Waals surface area contributed by atoms with E-state index in [2.05, 4.69) is 4.98 Å². The van der Waals surface area contributed by atoms with E-state index < -0.39 is 0 Å². The van der Waals surface area contributed by atoms with Crippen LogP contribution in [0, 0.1) is 0 Å². The van der Waals surface area contributed by atoms with Crippen LogP contribution in [0.3, 0.4) is 0 Å². The number of pyridine rings is 1. The molecule has 3 rings (SSSR count). The molecule has 0 saturated heterocycles. The highest BCUT2D eigenvalue weighted by Crippen LogP contribution is 2.24. The molecule has 0 aliphatic carbocycles. The SMILES string of the molecule is Nc1ccc2c(c1)C(=O)N(CCc1ccccn1)C2. The molecule has 0 spiro atoms. The van der Waals surface area contributed by atoms with Gasteiger partial charge in [-0.2, -0.15) is 0 Å². The molecule has 4 heteroatoms. The van der Waals surface area contributed by atoms with Crippen molar-refractivity contribution >= 4 is 11.6 Å². The van der Waals surface area contributed by atoms with Crippen LogP contribution in [0.5, 0.6) is 0 Å². The topological polar surface area (TPSA) is 59.2 Å². The lowest BCUT2D eigenvalue weighted by Gasteiger charge is -2.14. The molecule has 0 bridgehead atoms. The molecule has 2 aromatic rings. The molecule has 19 heavy (non-hydrogen) atoms. The van der Waals surface area contributed by atoms with Crippen molar-refractivity contribution in [1.82, 2.24) is 9.88 Å². The number of rotatable bonds is 3. The Bertz CT molecular complexity index is 610.